The third-order valence-corrected chi connectivity index (χ3v) is 1.93. The summed E-state index contributed by atoms with van der Waals surface area (Å²) in [4.78, 5) is 4.37. The molecule has 1 nitrogen and oxygen atoms in total. The lowest BCUT2D eigenvalue weighted by Crippen LogP contribution is -1.79. The van der Waals surface area contributed by atoms with Crippen LogP contribution in [0.25, 0.3) is 5.70 Å². The fourth-order valence-electron chi connectivity index (χ4n) is 1.27. The zero-order chi connectivity index (χ0) is 8.93. The number of benzene rings is 1. The average Bonchev–Trinajstić information content (AvgIpc) is 2.47. The number of hydrogen-bond acceptors (Lipinski definition) is 1. The van der Waals surface area contributed by atoms with Crippen LogP contribution in [-0.2, 0) is 0 Å². The molecule has 0 aliphatic carbocycles. The predicted molar refractivity (Wildman–Crippen MR) is 56.7 cm³/mol. The van der Waals surface area contributed by atoms with Crippen molar-refractivity contribution in [1.82, 2.24) is 0 Å². The first-order valence-electron chi connectivity index (χ1n) is 4.41. The average molecular weight is 169 g/mol. The Bertz CT molecular complexity index is 358. The van der Waals surface area contributed by atoms with E-state index in [-0.39, 0.29) is 0 Å². The van der Waals surface area contributed by atoms with Gasteiger partial charge in [0.25, 0.3) is 0 Å². The van der Waals surface area contributed by atoms with Gasteiger partial charge in [-0.2, -0.15) is 0 Å². The third-order valence-electron chi connectivity index (χ3n) is 1.93. The smallest absolute Gasteiger partial charge is 0.0698 e. The van der Waals surface area contributed by atoms with Gasteiger partial charge in [-0.05, 0) is 6.08 Å². The van der Waals surface area contributed by atoms with Crippen LogP contribution in [0.2, 0.25) is 0 Å². The van der Waals surface area contributed by atoms with Gasteiger partial charge in [0, 0.05) is 18.2 Å². The van der Waals surface area contributed by atoms with Gasteiger partial charge in [0.1, 0.15) is 0 Å². The first-order chi connectivity index (χ1) is 6.47. The Labute approximate surface area is 78.1 Å². The molecule has 0 saturated carbocycles. The number of nitrogens with zero attached hydrogens (tertiary/aromatic N) is 1. The van der Waals surface area contributed by atoms with Gasteiger partial charge >= 0.3 is 0 Å². The Balaban J connectivity index is 2.36. The molecule has 0 atom stereocenters. The summed E-state index contributed by atoms with van der Waals surface area (Å²) in [6.45, 7) is 0. The summed E-state index contributed by atoms with van der Waals surface area (Å²) in [5.41, 5.74) is 2.21. The zero-order valence-electron chi connectivity index (χ0n) is 7.35. The zero-order valence-corrected chi connectivity index (χ0v) is 7.35. The Morgan fingerprint density at radius 2 is 1.92 bits per heavy atom. The molecule has 1 heteroatoms. The standard InChI is InChI=1S/C12H11N/c1-3-7-11(8-4-1)12-9-5-2-6-10-13-12/h1-5,7-10H,6H2. The summed E-state index contributed by atoms with van der Waals surface area (Å²) in [5, 5.41) is 0. The predicted octanol–water partition coefficient (Wildman–Crippen LogP) is 3.06. The van der Waals surface area contributed by atoms with Crippen molar-refractivity contribution in [2.45, 2.75) is 6.42 Å². The van der Waals surface area contributed by atoms with Crippen LogP contribution < -0.4 is 0 Å². The molecule has 0 unspecified atom stereocenters. The minimum atomic E-state index is 0.923. The van der Waals surface area contributed by atoms with E-state index in [1.54, 1.807) is 0 Å². The lowest BCUT2D eigenvalue weighted by atomic mass is 10.1. The van der Waals surface area contributed by atoms with E-state index in [1.807, 2.05) is 30.5 Å². The van der Waals surface area contributed by atoms with Crippen molar-refractivity contribution >= 4 is 11.9 Å². The minimum absolute atomic E-state index is 0.923. The molecule has 0 spiro atoms. The molecule has 64 valence electrons. The first kappa shape index (κ1) is 7.99. The van der Waals surface area contributed by atoms with E-state index in [1.165, 1.54) is 5.56 Å². The Morgan fingerprint density at radius 3 is 2.77 bits per heavy atom. The number of allylic oxidation sites excluding steroid dienone is 3. The maximum atomic E-state index is 4.37. The largest absolute Gasteiger partial charge is 0.260 e. The second-order valence-electron chi connectivity index (χ2n) is 2.89. The molecule has 1 aromatic rings. The van der Waals surface area contributed by atoms with E-state index >= 15 is 0 Å². The van der Waals surface area contributed by atoms with Crippen LogP contribution >= 0.6 is 0 Å². The molecular weight excluding hydrogens is 158 g/mol. The van der Waals surface area contributed by atoms with Crippen LogP contribution in [0.5, 0.6) is 0 Å². The molecule has 2 rings (SSSR count). The molecule has 1 heterocycles. The van der Waals surface area contributed by atoms with Gasteiger partial charge in [-0.15, -0.1) is 0 Å². The van der Waals surface area contributed by atoms with Gasteiger partial charge in [-0.25, -0.2) is 0 Å². The third kappa shape index (κ3) is 1.94. The lowest BCUT2D eigenvalue weighted by Gasteiger charge is -1.98. The molecule has 0 aromatic heterocycles. The maximum Gasteiger partial charge on any atom is 0.0698 e. The van der Waals surface area contributed by atoms with Crippen LogP contribution in [0.1, 0.15) is 12.0 Å². The molecule has 0 radical (unpaired) electrons. The van der Waals surface area contributed by atoms with Crippen LogP contribution in [0, 0.1) is 0 Å². The molecule has 0 N–H and O–H groups in total. The van der Waals surface area contributed by atoms with E-state index in [0.29, 0.717) is 0 Å². The minimum Gasteiger partial charge on any atom is -0.260 e. The highest BCUT2D eigenvalue weighted by molar-refractivity contribution is 5.76. The Hall–Kier alpha value is -1.63. The van der Waals surface area contributed by atoms with Gasteiger partial charge in [0.15, 0.2) is 0 Å². The fourth-order valence-corrected chi connectivity index (χ4v) is 1.27. The van der Waals surface area contributed by atoms with Crippen molar-refractivity contribution in [3.63, 3.8) is 0 Å². The molecule has 13 heavy (non-hydrogen) atoms. The molecule has 0 bridgehead atoms. The highest BCUT2D eigenvalue weighted by Gasteiger charge is 1.96. The first-order valence-corrected chi connectivity index (χ1v) is 4.41. The Morgan fingerprint density at radius 1 is 1.08 bits per heavy atom. The summed E-state index contributed by atoms with van der Waals surface area (Å²) >= 11 is 0. The van der Waals surface area contributed by atoms with Gasteiger partial charge in [-0.3, -0.25) is 4.99 Å². The van der Waals surface area contributed by atoms with Crippen molar-refractivity contribution < 1.29 is 0 Å². The second kappa shape index (κ2) is 3.85. The highest BCUT2D eigenvalue weighted by atomic mass is 14.7. The fraction of sp³-hybridized carbons (Fsp3) is 0.0833. The van der Waals surface area contributed by atoms with Crippen molar-refractivity contribution in [1.29, 1.82) is 0 Å². The number of rotatable bonds is 1. The van der Waals surface area contributed by atoms with Crippen molar-refractivity contribution in [3.05, 3.63) is 54.1 Å². The number of aliphatic imine (C=N–C) groups is 1. The lowest BCUT2D eigenvalue weighted by molar-refractivity contribution is 1.48. The van der Waals surface area contributed by atoms with Crippen LogP contribution in [-0.4, -0.2) is 6.21 Å². The van der Waals surface area contributed by atoms with Crippen molar-refractivity contribution in [3.8, 4) is 0 Å². The Kier molecular flexibility index (Phi) is 2.37. The van der Waals surface area contributed by atoms with E-state index in [0.717, 1.165) is 12.1 Å². The van der Waals surface area contributed by atoms with Crippen molar-refractivity contribution in [2.24, 2.45) is 4.99 Å². The van der Waals surface area contributed by atoms with Crippen LogP contribution in [0.4, 0.5) is 0 Å². The summed E-state index contributed by atoms with van der Waals surface area (Å²) in [5.74, 6) is 0. The molecule has 1 aliphatic rings. The van der Waals surface area contributed by atoms with Gasteiger partial charge in [0.05, 0.1) is 5.70 Å². The van der Waals surface area contributed by atoms with E-state index in [9.17, 15) is 0 Å². The quantitative estimate of drug-likeness (QED) is 0.612. The summed E-state index contributed by atoms with van der Waals surface area (Å²) in [7, 11) is 0. The molecular formula is C12H11N. The topological polar surface area (TPSA) is 12.4 Å². The van der Waals surface area contributed by atoms with E-state index in [4.69, 9.17) is 0 Å². The van der Waals surface area contributed by atoms with Crippen LogP contribution in [0.3, 0.4) is 0 Å². The van der Waals surface area contributed by atoms with E-state index < -0.39 is 0 Å². The molecule has 0 amide bonds. The van der Waals surface area contributed by atoms with Crippen LogP contribution in [0.15, 0.2) is 53.6 Å². The number of hydrogen-bond donors (Lipinski definition) is 0. The normalized spacial score (nSPS) is 15.2. The molecule has 0 fully saturated rings. The van der Waals surface area contributed by atoms with Gasteiger partial charge in [0.2, 0.25) is 0 Å². The summed E-state index contributed by atoms with van der Waals surface area (Å²) in [6, 6.07) is 10.2. The second-order valence-corrected chi connectivity index (χ2v) is 2.89. The summed E-state index contributed by atoms with van der Waals surface area (Å²) in [6.07, 6.45) is 9.04. The van der Waals surface area contributed by atoms with Gasteiger partial charge in [-0.1, -0.05) is 42.5 Å². The monoisotopic (exact) mass is 169 g/mol. The van der Waals surface area contributed by atoms with Crippen molar-refractivity contribution in [2.75, 3.05) is 0 Å². The molecule has 1 aliphatic heterocycles. The molecule has 1 aromatic carbocycles. The van der Waals surface area contributed by atoms with E-state index in [2.05, 4.69) is 29.3 Å². The molecule has 0 saturated heterocycles. The van der Waals surface area contributed by atoms with Gasteiger partial charge < -0.3 is 0 Å². The SMILES string of the molecule is C1=CCC=NC(c2ccccc2)=C1. The maximum absolute atomic E-state index is 4.37. The highest BCUT2D eigenvalue weighted by Crippen LogP contribution is 2.16. The summed E-state index contributed by atoms with van der Waals surface area (Å²) < 4.78 is 0.